The molecule has 0 radical (unpaired) electrons. The Bertz CT molecular complexity index is 1090. The van der Waals surface area contributed by atoms with Crippen LogP contribution in [0.4, 0.5) is 10.7 Å². The zero-order valence-electron chi connectivity index (χ0n) is 14.2. The molecule has 0 saturated carbocycles. The normalized spacial score (nSPS) is 12.4. The van der Waals surface area contributed by atoms with Gasteiger partial charge in [-0.15, -0.1) is 11.3 Å². The number of halogens is 1. The maximum atomic E-state index is 12.3. The first-order valence-corrected chi connectivity index (χ1v) is 10.5. The number of nitrogens with one attached hydrogen (secondary N) is 1. The van der Waals surface area contributed by atoms with Gasteiger partial charge in [-0.05, 0) is 35.4 Å². The molecular weight excluding hydrogens is 424 g/mol. The Morgan fingerprint density at radius 3 is 2.29 bits per heavy atom. The van der Waals surface area contributed by atoms with E-state index in [-0.39, 0.29) is 10.7 Å². The summed E-state index contributed by atoms with van der Waals surface area (Å²) < 4.78 is 34.8. The van der Waals surface area contributed by atoms with Crippen LogP contribution in [-0.4, -0.2) is 24.1 Å². The Kier molecular flexibility index (Phi) is 6.01. The van der Waals surface area contributed by atoms with Crippen molar-refractivity contribution in [2.45, 2.75) is 5.92 Å². The van der Waals surface area contributed by atoms with Gasteiger partial charge in [0.05, 0.1) is 15.9 Å². The van der Waals surface area contributed by atoms with Gasteiger partial charge in [0, 0.05) is 0 Å². The van der Waals surface area contributed by atoms with Gasteiger partial charge in [-0.2, -0.15) is 8.42 Å². The molecule has 3 rings (SSSR count). The van der Waals surface area contributed by atoms with Crippen molar-refractivity contribution < 1.29 is 23.0 Å². The van der Waals surface area contributed by atoms with E-state index in [9.17, 15) is 17.8 Å². The third-order valence-electron chi connectivity index (χ3n) is 3.93. The average Bonchev–Trinajstić information content (AvgIpc) is 3.07. The van der Waals surface area contributed by atoms with Gasteiger partial charge in [-0.3, -0.25) is 14.6 Å². The van der Waals surface area contributed by atoms with E-state index in [4.69, 9.17) is 16.8 Å². The van der Waals surface area contributed by atoms with Crippen LogP contribution in [0.1, 0.15) is 17.0 Å². The molecule has 0 spiro atoms. The fourth-order valence-corrected chi connectivity index (χ4v) is 4.85. The minimum atomic E-state index is -4.66. The lowest BCUT2D eigenvalue weighted by atomic mass is 9.90. The predicted molar refractivity (Wildman–Crippen MR) is 108 cm³/mol. The minimum Gasteiger partial charge on any atom is -0.289 e. The van der Waals surface area contributed by atoms with Crippen molar-refractivity contribution in [3.05, 3.63) is 82.2 Å². The van der Waals surface area contributed by atoms with Crippen molar-refractivity contribution >= 4 is 49.8 Å². The molecule has 2 aromatic carbocycles. The van der Waals surface area contributed by atoms with Crippen molar-refractivity contribution in [1.29, 1.82) is 0 Å². The van der Waals surface area contributed by atoms with Crippen molar-refractivity contribution in [3.63, 3.8) is 0 Å². The van der Waals surface area contributed by atoms with Crippen molar-refractivity contribution in [3.8, 4) is 0 Å². The summed E-state index contributed by atoms with van der Waals surface area (Å²) in [5.74, 6) is -1.57. The average molecular weight is 439 g/mol. The van der Waals surface area contributed by atoms with Gasteiger partial charge in [0.2, 0.25) is 0 Å². The largest absolute Gasteiger partial charge is 0.365 e. The van der Waals surface area contributed by atoms with Crippen LogP contribution in [0, 0.1) is 0 Å². The molecule has 0 aliphatic heterocycles. The molecule has 1 aromatic heterocycles. The molecule has 3 N–H and O–H groups in total. The lowest BCUT2D eigenvalue weighted by Crippen LogP contribution is -2.28. The number of rotatable bonds is 6. The topological polar surface area (TPSA) is 107 Å². The second-order valence-corrected chi connectivity index (χ2v) is 8.69. The van der Waals surface area contributed by atoms with E-state index in [1.165, 1.54) is 24.3 Å². The molecule has 0 aliphatic carbocycles. The molecule has 1 unspecified atom stereocenters. The number of carbonyl (C=O) groups is 1. The van der Waals surface area contributed by atoms with E-state index < -0.39 is 22.1 Å². The Morgan fingerprint density at radius 2 is 1.71 bits per heavy atom. The molecule has 3 aromatic rings. The van der Waals surface area contributed by atoms with Crippen LogP contribution in [0.15, 0.2) is 66.7 Å². The summed E-state index contributed by atoms with van der Waals surface area (Å²) in [5, 5.41) is 9.35. The van der Waals surface area contributed by atoms with Gasteiger partial charge in [0.25, 0.3) is 5.91 Å². The van der Waals surface area contributed by atoms with Gasteiger partial charge < -0.3 is 0 Å². The molecule has 146 valence electrons. The molecule has 0 fully saturated rings. The number of anilines is 2. The maximum Gasteiger partial charge on any atom is 0.365 e. The summed E-state index contributed by atoms with van der Waals surface area (Å²) in [6, 6.07) is 17.8. The molecule has 1 heterocycles. The highest BCUT2D eigenvalue weighted by atomic mass is 35.5. The number of benzene rings is 2. The quantitative estimate of drug-likeness (QED) is 0.306. The number of hydrogen-bond acceptors (Lipinski definition) is 5. The van der Waals surface area contributed by atoms with E-state index in [1.54, 1.807) is 47.9 Å². The summed E-state index contributed by atoms with van der Waals surface area (Å²) in [6.45, 7) is 0. The van der Waals surface area contributed by atoms with Gasteiger partial charge >= 0.3 is 10.3 Å². The molecule has 0 saturated heterocycles. The standard InChI is InChI=1S/C18H15ClN2O5S2/c19-15-9-10-16(27-15)21(28(24,25)26)14-8-4-7-13(11-14)17(18(22)20-23)12-5-2-1-3-6-12/h1-11,17,23H,(H,20,22)(H,24,25,26). The summed E-state index contributed by atoms with van der Waals surface area (Å²) in [7, 11) is -4.66. The molecule has 0 aliphatic rings. The SMILES string of the molecule is O=C(NO)C(c1ccccc1)c1cccc(N(c2ccc(Cl)s2)S(=O)(=O)O)c1. The number of hydrogen-bond donors (Lipinski definition) is 3. The van der Waals surface area contributed by atoms with Crippen LogP contribution in [0.2, 0.25) is 4.34 Å². The summed E-state index contributed by atoms with van der Waals surface area (Å²) >= 11 is 6.87. The first-order chi connectivity index (χ1) is 13.3. The fourth-order valence-electron chi connectivity index (χ4n) is 2.82. The monoisotopic (exact) mass is 438 g/mol. The second-order valence-electron chi connectivity index (χ2n) is 5.73. The smallest absolute Gasteiger partial charge is 0.289 e. The molecule has 0 bridgehead atoms. The molecule has 10 heteroatoms. The molecule has 1 amide bonds. The summed E-state index contributed by atoms with van der Waals surface area (Å²) in [4.78, 5) is 12.3. The van der Waals surface area contributed by atoms with E-state index in [1.807, 2.05) is 0 Å². The van der Waals surface area contributed by atoms with Crippen LogP contribution in [0.3, 0.4) is 0 Å². The van der Waals surface area contributed by atoms with Crippen molar-refractivity contribution in [1.82, 2.24) is 5.48 Å². The first-order valence-electron chi connectivity index (χ1n) is 7.93. The predicted octanol–water partition coefficient (Wildman–Crippen LogP) is 3.98. The lowest BCUT2D eigenvalue weighted by Gasteiger charge is -2.22. The van der Waals surface area contributed by atoms with Crippen LogP contribution in [0.25, 0.3) is 0 Å². The van der Waals surface area contributed by atoms with Crippen LogP contribution < -0.4 is 9.79 Å². The third-order valence-corrected chi connectivity index (χ3v) is 6.13. The molecule has 1 atom stereocenters. The van der Waals surface area contributed by atoms with Crippen molar-refractivity contribution in [2.75, 3.05) is 4.31 Å². The Morgan fingerprint density at radius 1 is 1.04 bits per heavy atom. The Hall–Kier alpha value is -2.43. The van der Waals surface area contributed by atoms with Crippen LogP contribution >= 0.6 is 22.9 Å². The first kappa shape index (κ1) is 20.3. The third kappa shape index (κ3) is 4.34. The zero-order valence-corrected chi connectivity index (χ0v) is 16.6. The minimum absolute atomic E-state index is 0.116. The van der Waals surface area contributed by atoms with E-state index in [0.717, 1.165) is 15.6 Å². The van der Waals surface area contributed by atoms with Gasteiger partial charge in [0.15, 0.2) is 0 Å². The highest BCUT2D eigenvalue weighted by molar-refractivity contribution is 7.87. The summed E-state index contributed by atoms with van der Waals surface area (Å²) in [6.07, 6.45) is 0. The Labute approximate surface area is 170 Å². The van der Waals surface area contributed by atoms with E-state index in [0.29, 0.717) is 15.5 Å². The fraction of sp³-hybridized carbons (Fsp3) is 0.0556. The highest BCUT2D eigenvalue weighted by Gasteiger charge is 2.27. The lowest BCUT2D eigenvalue weighted by molar-refractivity contribution is -0.129. The second kappa shape index (κ2) is 8.29. The number of nitrogens with zero attached hydrogens (tertiary/aromatic N) is 1. The van der Waals surface area contributed by atoms with Gasteiger partial charge in [0.1, 0.15) is 5.00 Å². The van der Waals surface area contributed by atoms with Gasteiger partial charge in [-0.25, -0.2) is 9.79 Å². The molecular formula is C18H15ClN2O5S2. The molecule has 28 heavy (non-hydrogen) atoms. The number of hydroxylamine groups is 1. The van der Waals surface area contributed by atoms with E-state index in [2.05, 4.69) is 0 Å². The van der Waals surface area contributed by atoms with Gasteiger partial charge in [-0.1, -0.05) is 54.1 Å². The number of amides is 1. The Balaban J connectivity index is 2.12. The zero-order chi connectivity index (χ0) is 20.3. The maximum absolute atomic E-state index is 12.3. The van der Waals surface area contributed by atoms with Crippen LogP contribution in [-0.2, 0) is 15.1 Å². The van der Waals surface area contributed by atoms with E-state index >= 15 is 0 Å². The molecule has 7 nitrogen and oxygen atoms in total. The summed E-state index contributed by atoms with van der Waals surface area (Å²) in [5.41, 5.74) is 2.78. The number of thiophene rings is 1. The highest BCUT2D eigenvalue weighted by Crippen LogP contribution is 2.37. The van der Waals surface area contributed by atoms with Crippen LogP contribution in [0.5, 0.6) is 0 Å². The van der Waals surface area contributed by atoms with Crippen molar-refractivity contribution in [2.24, 2.45) is 0 Å². The number of carbonyl (C=O) groups excluding carboxylic acids is 1.